The molecule has 0 aliphatic carbocycles. The lowest BCUT2D eigenvalue weighted by molar-refractivity contribution is -0.131. The van der Waals surface area contributed by atoms with Gasteiger partial charge in [0, 0.05) is 10.5 Å². The van der Waals surface area contributed by atoms with E-state index in [-0.39, 0.29) is 5.92 Å². The molecule has 0 bridgehead atoms. The minimum Gasteiger partial charge on any atom is -0.478 e. The van der Waals surface area contributed by atoms with Crippen LogP contribution in [0.1, 0.15) is 19.4 Å². The van der Waals surface area contributed by atoms with Crippen molar-refractivity contribution >= 4 is 21.9 Å². The van der Waals surface area contributed by atoms with Gasteiger partial charge < -0.3 is 5.11 Å². The van der Waals surface area contributed by atoms with Crippen molar-refractivity contribution < 1.29 is 9.90 Å². The molecule has 0 spiro atoms. The first-order valence-corrected chi connectivity index (χ1v) is 5.96. The second-order valence-electron chi connectivity index (χ2n) is 4.02. The Bertz CT molecular complexity index is 408. The molecule has 0 amide bonds. The van der Waals surface area contributed by atoms with Crippen LogP contribution in [0.4, 0.5) is 0 Å². The molecule has 86 valence electrons. The lowest BCUT2D eigenvalue weighted by atomic mass is 9.95. The number of allylic oxidation sites excluding steroid dienone is 1. The summed E-state index contributed by atoms with van der Waals surface area (Å²) >= 11 is 3.40. The van der Waals surface area contributed by atoms with Gasteiger partial charge in [0.15, 0.2) is 0 Å². The highest BCUT2D eigenvalue weighted by Gasteiger charge is 2.07. The van der Waals surface area contributed by atoms with Gasteiger partial charge in [0.05, 0.1) is 0 Å². The summed E-state index contributed by atoms with van der Waals surface area (Å²) in [6.45, 7) is 4.01. The number of carboxylic acids is 1. The van der Waals surface area contributed by atoms with Gasteiger partial charge in [0.1, 0.15) is 0 Å². The number of rotatable bonds is 4. The number of carboxylic acid groups (broad SMARTS) is 1. The highest BCUT2D eigenvalue weighted by atomic mass is 79.9. The Morgan fingerprint density at radius 3 is 2.69 bits per heavy atom. The zero-order valence-corrected chi connectivity index (χ0v) is 11.0. The van der Waals surface area contributed by atoms with Gasteiger partial charge in [0.25, 0.3) is 0 Å². The smallest absolute Gasteiger partial charge is 0.328 e. The molecule has 0 aromatic heterocycles. The standard InChI is InChI=1S/C13H15BrO2/c1-9(2)11(8-13(15)16)6-10-4-3-5-12(14)7-10/h3-5,7-9H,6H2,1-2H3,(H,15,16)/b11-8-. The predicted molar refractivity (Wildman–Crippen MR) is 68.4 cm³/mol. The lowest BCUT2D eigenvalue weighted by Gasteiger charge is -2.10. The molecule has 0 fully saturated rings. The lowest BCUT2D eigenvalue weighted by Crippen LogP contribution is -2.02. The zero-order valence-electron chi connectivity index (χ0n) is 9.40. The summed E-state index contributed by atoms with van der Waals surface area (Å²) in [7, 11) is 0. The van der Waals surface area contributed by atoms with Crippen LogP contribution in [0.2, 0.25) is 0 Å². The summed E-state index contributed by atoms with van der Waals surface area (Å²) in [6, 6.07) is 7.93. The third-order valence-electron chi connectivity index (χ3n) is 2.35. The number of benzene rings is 1. The molecule has 0 aliphatic heterocycles. The number of halogens is 1. The van der Waals surface area contributed by atoms with E-state index in [0.717, 1.165) is 15.6 Å². The molecule has 1 rings (SSSR count). The molecule has 0 atom stereocenters. The average molecular weight is 283 g/mol. The summed E-state index contributed by atoms with van der Waals surface area (Å²) in [4.78, 5) is 10.7. The SMILES string of the molecule is CC(C)/C(=C\C(=O)O)Cc1cccc(Br)c1. The van der Waals surface area contributed by atoms with E-state index >= 15 is 0 Å². The Labute approximate surface area is 104 Å². The van der Waals surface area contributed by atoms with E-state index in [1.165, 1.54) is 6.08 Å². The third kappa shape index (κ3) is 4.19. The van der Waals surface area contributed by atoms with Crippen LogP contribution in [-0.2, 0) is 11.2 Å². The normalized spacial score (nSPS) is 11.9. The number of hydrogen-bond acceptors (Lipinski definition) is 1. The maximum atomic E-state index is 10.7. The fourth-order valence-corrected chi connectivity index (χ4v) is 1.91. The van der Waals surface area contributed by atoms with Crippen molar-refractivity contribution in [1.29, 1.82) is 0 Å². The van der Waals surface area contributed by atoms with Crippen LogP contribution in [0.25, 0.3) is 0 Å². The molecule has 0 saturated carbocycles. The fraction of sp³-hybridized carbons (Fsp3) is 0.308. The van der Waals surface area contributed by atoms with Gasteiger partial charge in [-0.25, -0.2) is 4.79 Å². The third-order valence-corrected chi connectivity index (χ3v) is 2.84. The maximum absolute atomic E-state index is 10.7. The van der Waals surface area contributed by atoms with Crippen molar-refractivity contribution in [1.82, 2.24) is 0 Å². The predicted octanol–water partition coefficient (Wildman–Crippen LogP) is 3.66. The summed E-state index contributed by atoms with van der Waals surface area (Å²) < 4.78 is 1.02. The van der Waals surface area contributed by atoms with Gasteiger partial charge in [-0.1, -0.05) is 47.5 Å². The minimum atomic E-state index is -0.876. The number of aliphatic carboxylic acids is 1. The highest BCUT2D eigenvalue weighted by molar-refractivity contribution is 9.10. The molecule has 3 heteroatoms. The van der Waals surface area contributed by atoms with Crippen molar-refractivity contribution in [2.75, 3.05) is 0 Å². The number of carbonyl (C=O) groups is 1. The van der Waals surface area contributed by atoms with Crippen LogP contribution in [0.15, 0.2) is 40.4 Å². The van der Waals surface area contributed by atoms with Gasteiger partial charge in [0.2, 0.25) is 0 Å². The molecule has 1 N–H and O–H groups in total. The summed E-state index contributed by atoms with van der Waals surface area (Å²) in [6.07, 6.45) is 2.00. The Balaban J connectivity index is 2.88. The van der Waals surface area contributed by atoms with Crippen molar-refractivity contribution in [3.63, 3.8) is 0 Å². The Morgan fingerprint density at radius 2 is 2.19 bits per heavy atom. The monoisotopic (exact) mass is 282 g/mol. The molecule has 0 heterocycles. The first-order valence-electron chi connectivity index (χ1n) is 5.17. The first-order chi connectivity index (χ1) is 7.49. The van der Waals surface area contributed by atoms with Crippen LogP contribution < -0.4 is 0 Å². The van der Waals surface area contributed by atoms with Gasteiger partial charge in [-0.3, -0.25) is 0 Å². The minimum absolute atomic E-state index is 0.245. The second kappa shape index (κ2) is 5.85. The van der Waals surface area contributed by atoms with Crippen LogP contribution >= 0.6 is 15.9 Å². The van der Waals surface area contributed by atoms with Crippen molar-refractivity contribution in [2.24, 2.45) is 5.92 Å². The molecule has 2 nitrogen and oxygen atoms in total. The van der Waals surface area contributed by atoms with Gasteiger partial charge >= 0.3 is 5.97 Å². The van der Waals surface area contributed by atoms with E-state index in [1.807, 2.05) is 38.1 Å². The van der Waals surface area contributed by atoms with Crippen LogP contribution in [0.3, 0.4) is 0 Å². The fourth-order valence-electron chi connectivity index (χ4n) is 1.46. The summed E-state index contributed by atoms with van der Waals surface area (Å²) in [5.41, 5.74) is 2.06. The molecule has 0 radical (unpaired) electrons. The molecule has 0 unspecified atom stereocenters. The van der Waals surface area contributed by atoms with Crippen molar-refractivity contribution in [2.45, 2.75) is 20.3 Å². The van der Waals surface area contributed by atoms with Crippen LogP contribution in [0, 0.1) is 5.92 Å². The van der Waals surface area contributed by atoms with Gasteiger partial charge in [-0.2, -0.15) is 0 Å². The maximum Gasteiger partial charge on any atom is 0.328 e. The van der Waals surface area contributed by atoms with E-state index in [1.54, 1.807) is 0 Å². The van der Waals surface area contributed by atoms with E-state index in [9.17, 15) is 4.79 Å². The highest BCUT2D eigenvalue weighted by Crippen LogP contribution is 2.19. The Morgan fingerprint density at radius 1 is 1.50 bits per heavy atom. The zero-order chi connectivity index (χ0) is 12.1. The van der Waals surface area contributed by atoms with E-state index < -0.39 is 5.97 Å². The van der Waals surface area contributed by atoms with Crippen LogP contribution in [-0.4, -0.2) is 11.1 Å². The largest absolute Gasteiger partial charge is 0.478 e. The molecule has 1 aromatic carbocycles. The van der Waals surface area contributed by atoms with Crippen LogP contribution in [0.5, 0.6) is 0 Å². The molecule has 1 aromatic rings. The van der Waals surface area contributed by atoms with Gasteiger partial charge in [-0.05, 0) is 30.0 Å². The van der Waals surface area contributed by atoms with E-state index in [4.69, 9.17) is 5.11 Å². The summed E-state index contributed by atoms with van der Waals surface area (Å²) in [5, 5.41) is 8.78. The molecule has 0 aliphatic rings. The molecule has 16 heavy (non-hydrogen) atoms. The molecule has 0 saturated heterocycles. The topological polar surface area (TPSA) is 37.3 Å². The number of hydrogen-bond donors (Lipinski definition) is 1. The van der Waals surface area contributed by atoms with Gasteiger partial charge in [-0.15, -0.1) is 0 Å². The first kappa shape index (κ1) is 13.0. The van der Waals surface area contributed by atoms with Crippen molar-refractivity contribution in [3.05, 3.63) is 46.0 Å². The van der Waals surface area contributed by atoms with Crippen molar-refractivity contribution in [3.8, 4) is 0 Å². The average Bonchev–Trinajstić information content (AvgIpc) is 2.15. The summed E-state index contributed by atoms with van der Waals surface area (Å²) in [5.74, 6) is -0.631. The Hall–Kier alpha value is -1.09. The molecular weight excluding hydrogens is 268 g/mol. The van der Waals surface area contributed by atoms with E-state index in [0.29, 0.717) is 6.42 Å². The quantitative estimate of drug-likeness (QED) is 0.856. The van der Waals surface area contributed by atoms with E-state index in [2.05, 4.69) is 15.9 Å². The Kier molecular flexibility index (Phi) is 4.74. The second-order valence-corrected chi connectivity index (χ2v) is 4.93. The molecular formula is C13H15BrO2.